The van der Waals surface area contributed by atoms with Gasteiger partial charge in [-0.3, -0.25) is 9.69 Å². The first-order chi connectivity index (χ1) is 12.7. The number of rotatable bonds is 4. The number of hydrogen-bond donors (Lipinski definition) is 2. The van der Waals surface area contributed by atoms with E-state index >= 15 is 0 Å². The molecule has 0 saturated carbocycles. The lowest BCUT2D eigenvalue weighted by Crippen LogP contribution is -2.73. The van der Waals surface area contributed by atoms with Gasteiger partial charge in [-0.1, -0.05) is 36.4 Å². The molecule has 9 heteroatoms. The van der Waals surface area contributed by atoms with Gasteiger partial charge in [-0.25, -0.2) is 4.79 Å². The summed E-state index contributed by atoms with van der Waals surface area (Å²) in [5, 5.41) is 14.9. The molecular weight excluding hydrogens is 381 g/mol. The van der Waals surface area contributed by atoms with Gasteiger partial charge in [0.05, 0.1) is 10.9 Å². The molecule has 1 fully saturated rings. The summed E-state index contributed by atoms with van der Waals surface area (Å²) in [7, 11) is 0. The molecule has 144 valence electrons. The molecule has 0 radical (unpaired) electrons. The molecular formula is C18H17F3N2O3S. The van der Waals surface area contributed by atoms with Crippen molar-refractivity contribution in [1.82, 2.24) is 10.2 Å². The zero-order valence-electron chi connectivity index (χ0n) is 14.2. The third-order valence-electron chi connectivity index (χ3n) is 4.64. The van der Waals surface area contributed by atoms with Crippen LogP contribution in [0, 0.1) is 5.92 Å². The van der Waals surface area contributed by atoms with Crippen LogP contribution in [0.3, 0.4) is 0 Å². The van der Waals surface area contributed by atoms with Crippen LogP contribution in [0.1, 0.15) is 28.2 Å². The maximum atomic E-state index is 14.1. The van der Waals surface area contributed by atoms with Gasteiger partial charge in [0.25, 0.3) is 5.72 Å². The first kappa shape index (κ1) is 19.4. The lowest BCUT2D eigenvalue weighted by atomic mass is 9.77. The molecule has 1 saturated heterocycles. The third-order valence-corrected chi connectivity index (χ3v) is 5.53. The van der Waals surface area contributed by atoms with E-state index in [4.69, 9.17) is 0 Å². The summed E-state index contributed by atoms with van der Waals surface area (Å²) in [6.07, 6.45) is -5.23. The maximum Gasteiger partial charge on any atom is 0.437 e. The van der Waals surface area contributed by atoms with Gasteiger partial charge in [0.2, 0.25) is 0 Å². The fourth-order valence-electron chi connectivity index (χ4n) is 3.41. The van der Waals surface area contributed by atoms with Gasteiger partial charge < -0.3 is 10.4 Å². The Hall–Kier alpha value is -2.39. The largest absolute Gasteiger partial charge is 0.437 e. The highest BCUT2D eigenvalue weighted by molar-refractivity contribution is 7.12. The van der Waals surface area contributed by atoms with Crippen LogP contribution in [0.4, 0.5) is 18.0 Å². The van der Waals surface area contributed by atoms with Crippen LogP contribution in [0.5, 0.6) is 0 Å². The molecule has 2 amide bonds. The zero-order valence-corrected chi connectivity index (χ0v) is 15.1. The minimum Gasteiger partial charge on any atom is -0.363 e. The normalized spacial score (nSPS) is 26.0. The van der Waals surface area contributed by atoms with Crippen molar-refractivity contribution in [2.75, 3.05) is 6.54 Å². The van der Waals surface area contributed by atoms with Gasteiger partial charge >= 0.3 is 12.2 Å². The number of Topliss-reactive ketones (excluding diaryl/α,β-unsaturated/α-hetero) is 1. The summed E-state index contributed by atoms with van der Waals surface area (Å²) in [4.78, 5) is 25.8. The van der Waals surface area contributed by atoms with E-state index in [1.165, 1.54) is 25.1 Å². The first-order valence-corrected chi connectivity index (χ1v) is 9.09. The van der Waals surface area contributed by atoms with Crippen LogP contribution in [0.2, 0.25) is 0 Å². The molecule has 1 aromatic carbocycles. The van der Waals surface area contributed by atoms with E-state index < -0.39 is 42.2 Å². The maximum absolute atomic E-state index is 14.1. The Bertz CT molecular complexity index is 826. The van der Waals surface area contributed by atoms with Crippen molar-refractivity contribution in [1.29, 1.82) is 0 Å². The van der Waals surface area contributed by atoms with E-state index in [1.807, 2.05) is 0 Å². The van der Waals surface area contributed by atoms with E-state index in [-0.39, 0.29) is 9.78 Å². The standard InChI is InChI=1S/C18H17F3N2O3S/c1-2-23-16(25)22-14(11-7-4-3-5-8-11)13(17(23,26)18(19,20)21)15(24)12-9-6-10-27-12/h3-10,13-14,26H,2H2,1H3,(H,22,25)/t13-,14+,17-/m0/s1. The molecule has 2 heterocycles. The molecule has 1 aliphatic heterocycles. The van der Waals surface area contributed by atoms with Crippen LogP contribution in [-0.4, -0.2) is 40.3 Å². The molecule has 3 rings (SSSR count). The van der Waals surface area contributed by atoms with Crippen LogP contribution >= 0.6 is 11.3 Å². The monoisotopic (exact) mass is 398 g/mol. The number of carbonyl (C=O) groups is 2. The van der Waals surface area contributed by atoms with Gasteiger partial charge in [-0.2, -0.15) is 13.2 Å². The van der Waals surface area contributed by atoms with Gasteiger partial charge in [-0.05, 0) is 23.9 Å². The van der Waals surface area contributed by atoms with Crippen LogP contribution in [0.15, 0.2) is 47.8 Å². The zero-order chi connectivity index (χ0) is 19.8. The number of halogens is 3. The molecule has 27 heavy (non-hydrogen) atoms. The van der Waals surface area contributed by atoms with Crippen molar-refractivity contribution in [3.63, 3.8) is 0 Å². The van der Waals surface area contributed by atoms with Crippen molar-refractivity contribution in [2.24, 2.45) is 5.92 Å². The Morgan fingerprint density at radius 3 is 2.44 bits per heavy atom. The third kappa shape index (κ3) is 3.10. The molecule has 1 aromatic heterocycles. The fourth-order valence-corrected chi connectivity index (χ4v) is 4.11. The number of benzene rings is 1. The Labute approximate surface area is 157 Å². The number of amides is 2. The molecule has 0 unspecified atom stereocenters. The Morgan fingerprint density at radius 2 is 1.93 bits per heavy atom. The molecule has 2 N–H and O–H groups in total. The number of nitrogens with one attached hydrogen (secondary N) is 1. The van der Waals surface area contributed by atoms with E-state index in [2.05, 4.69) is 5.32 Å². The number of carbonyl (C=O) groups excluding carboxylic acids is 2. The predicted octanol–water partition coefficient (Wildman–Crippen LogP) is 3.58. The quantitative estimate of drug-likeness (QED) is 0.774. The number of urea groups is 1. The number of alkyl halides is 3. The molecule has 2 aromatic rings. The summed E-state index contributed by atoms with van der Waals surface area (Å²) in [5.41, 5.74) is -3.33. The SMILES string of the molecule is CCN1C(=O)N[C@H](c2ccccc2)[C@@H](C(=O)c2cccs2)[C@]1(O)C(F)(F)F. The average Bonchev–Trinajstić information content (AvgIpc) is 3.15. The molecule has 3 atom stereocenters. The highest BCUT2D eigenvalue weighted by Gasteiger charge is 2.69. The molecule has 0 spiro atoms. The second-order valence-electron chi connectivity index (χ2n) is 6.13. The van der Waals surface area contributed by atoms with Crippen molar-refractivity contribution in [3.05, 3.63) is 58.3 Å². The predicted molar refractivity (Wildman–Crippen MR) is 93.2 cm³/mol. The lowest BCUT2D eigenvalue weighted by Gasteiger charge is -2.50. The number of aliphatic hydroxyl groups is 1. The molecule has 0 aliphatic carbocycles. The van der Waals surface area contributed by atoms with E-state index in [9.17, 15) is 27.9 Å². The summed E-state index contributed by atoms with van der Waals surface area (Å²) < 4.78 is 42.2. The summed E-state index contributed by atoms with van der Waals surface area (Å²) in [6.45, 7) is 0.892. The van der Waals surface area contributed by atoms with E-state index in [1.54, 1.807) is 29.6 Å². The number of hydrogen-bond acceptors (Lipinski definition) is 4. The first-order valence-electron chi connectivity index (χ1n) is 8.21. The minimum atomic E-state index is -5.23. The van der Waals surface area contributed by atoms with E-state index in [0.29, 0.717) is 5.56 Å². The second kappa shape index (κ2) is 6.97. The van der Waals surface area contributed by atoms with E-state index in [0.717, 1.165) is 11.3 Å². The Kier molecular flexibility index (Phi) is 5.00. The van der Waals surface area contributed by atoms with Crippen LogP contribution < -0.4 is 5.32 Å². The van der Waals surface area contributed by atoms with Crippen LogP contribution in [-0.2, 0) is 0 Å². The van der Waals surface area contributed by atoms with Crippen molar-refractivity contribution < 1.29 is 27.9 Å². The van der Waals surface area contributed by atoms with Gasteiger partial charge in [0, 0.05) is 6.54 Å². The topological polar surface area (TPSA) is 69.6 Å². The lowest BCUT2D eigenvalue weighted by molar-refractivity contribution is -0.326. The molecule has 0 bridgehead atoms. The summed E-state index contributed by atoms with van der Waals surface area (Å²) in [6, 6.07) is 8.40. The summed E-state index contributed by atoms with van der Waals surface area (Å²) in [5.74, 6) is -2.84. The highest BCUT2D eigenvalue weighted by Crippen LogP contribution is 2.48. The minimum absolute atomic E-state index is 0.0795. The molecule has 5 nitrogen and oxygen atoms in total. The Morgan fingerprint density at radius 1 is 1.26 bits per heavy atom. The van der Waals surface area contributed by atoms with Gasteiger partial charge in [0.15, 0.2) is 5.78 Å². The second-order valence-corrected chi connectivity index (χ2v) is 7.07. The fraction of sp³-hybridized carbons (Fsp3) is 0.333. The Balaban J connectivity index is 2.22. The number of ketones is 1. The van der Waals surface area contributed by atoms with Gasteiger partial charge in [-0.15, -0.1) is 11.3 Å². The number of thiophene rings is 1. The molecule has 1 aliphatic rings. The van der Waals surface area contributed by atoms with Crippen molar-refractivity contribution in [3.8, 4) is 0 Å². The van der Waals surface area contributed by atoms with Crippen molar-refractivity contribution in [2.45, 2.75) is 24.9 Å². The van der Waals surface area contributed by atoms with Crippen LogP contribution in [0.25, 0.3) is 0 Å². The highest BCUT2D eigenvalue weighted by atomic mass is 32.1. The number of nitrogens with zero attached hydrogens (tertiary/aromatic N) is 1. The van der Waals surface area contributed by atoms with Crippen molar-refractivity contribution >= 4 is 23.2 Å². The smallest absolute Gasteiger partial charge is 0.363 e. The van der Waals surface area contributed by atoms with Gasteiger partial charge in [0.1, 0.15) is 5.92 Å². The summed E-state index contributed by atoms with van der Waals surface area (Å²) >= 11 is 0.984. The average molecular weight is 398 g/mol.